The maximum atomic E-state index is 14.4. The number of piperazine rings is 2. The Balaban J connectivity index is 1.61. The number of nitrogens with zero attached hydrogens (tertiary/aromatic N) is 4. The molecule has 2 saturated heterocycles. The van der Waals surface area contributed by atoms with Crippen LogP contribution >= 0.6 is 31.9 Å². The van der Waals surface area contributed by atoms with Gasteiger partial charge in [0.05, 0.1) is 11.8 Å². The first-order chi connectivity index (χ1) is 16.4. The normalized spacial score (nSPS) is 20.8. The standard InChI is InChI=1S/C27H36Br2N4O/c1-30-11-15-32(16-12-30)19-25(21-3-7-23(28)8-4-21)27(34)26(22-5-9-24(29)10-6-22)20-33-17-13-31(2)14-18-33/h3-10,25-26H,11-20H2,1-2H3. The van der Waals surface area contributed by atoms with Gasteiger partial charge in [-0.15, -0.1) is 0 Å². The van der Waals surface area contributed by atoms with E-state index in [-0.39, 0.29) is 11.8 Å². The van der Waals surface area contributed by atoms with Gasteiger partial charge in [0.1, 0.15) is 5.78 Å². The molecule has 2 aromatic rings. The van der Waals surface area contributed by atoms with Crippen molar-refractivity contribution in [2.75, 3.05) is 79.5 Å². The molecule has 4 rings (SSSR count). The van der Waals surface area contributed by atoms with Crippen molar-refractivity contribution in [2.45, 2.75) is 11.8 Å². The van der Waals surface area contributed by atoms with Gasteiger partial charge in [0.15, 0.2) is 0 Å². The monoisotopic (exact) mass is 590 g/mol. The number of hydrogen-bond donors (Lipinski definition) is 0. The van der Waals surface area contributed by atoms with Gasteiger partial charge in [0, 0.05) is 74.4 Å². The fraction of sp³-hybridized carbons (Fsp3) is 0.519. The van der Waals surface area contributed by atoms with E-state index >= 15 is 0 Å². The Morgan fingerprint density at radius 1 is 0.647 bits per heavy atom. The highest BCUT2D eigenvalue weighted by Gasteiger charge is 2.33. The van der Waals surface area contributed by atoms with E-state index in [1.165, 1.54) is 0 Å². The molecule has 2 atom stereocenters. The van der Waals surface area contributed by atoms with Crippen LogP contribution in [-0.4, -0.2) is 105 Å². The summed E-state index contributed by atoms with van der Waals surface area (Å²) in [6.45, 7) is 9.83. The van der Waals surface area contributed by atoms with E-state index in [9.17, 15) is 4.79 Å². The van der Waals surface area contributed by atoms with E-state index in [1.807, 2.05) is 0 Å². The fourth-order valence-electron chi connectivity index (χ4n) is 4.93. The minimum atomic E-state index is -0.141. The molecular formula is C27H36Br2N4O. The van der Waals surface area contributed by atoms with Crippen molar-refractivity contribution in [1.29, 1.82) is 0 Å². The molecule has 2 aliphatic rings. The average Bonchev–Trinajstić information content (AvgIpc) is 2.84. The molecular weight excluding hydrogens is 556 g/mol. The van der Waals surface area contributed by atoms with E-state index in [4.69, 9.17) is 0 Å². The van der Waals surface area contributed by atoms with Gasteiger partial charge >= 0.3 is 0 Å². The van der Waals surface area contributed by atoms with Crippen molar-refractivity contribution in [3.8, 4) is 0 Å². The van der Waals surface area contributed by atoms with Crippen LogP contribution in [0.1, 0.15) is 23.0 Å². The van der Waals surface area contributed by atoms with E-state index in [0.29, 0.717) is 5.78 Å². The lowest BCUT2D eigenvalue weighted by Gasteiger charge is -2.37. The summed E-state index contributed by atoms with van der Waals surface area (Å²) >= 11 is 7.13. The van der Waals surface area contributed by atoms with Crippen molar-refractivity contribution in [1.82, 2.24) is 19.6 Å². The molecule has 0 saturated carbocycles. The molecule has 184 valence electrons. The van der Waals surface area contributed by atoms with Gasteiger partial charge in [-0.05, 0) is 49.5 Å². The van der Waals surface area contributed by atoms with Crippen LogP contribution in [0.4, 0.5) is 0 Å². The number of halogens is 2. The Hall–Kier alpha value is -1.09. The first-order valence-corrected chi connectivity index (χ1v) is 13.8. The van der Waals surface area contributed by atoms with E-state index in [0.717, 1.165) is 85.5 Å². The lowest BCUT2D eigenvalue weighted by atomic mass is 9.82. The summed E-state index contributed by atoms with van der Waals surface area (Å²) in [6, 6.07) is 16.7. The van der Waals surface area contributed by atoms with Crippen molar-refractivity contribution in [3.63, 3.8) is 0 Å². The molecule has 0 aromatic heterocycles. The average molecular weight is 592 g/mol. The highest BCUT2D eigenvalue weighted by Crippen LogP contribution is 2.30. The number of carbonyl (C=O) groups is 1. The van der Waals surface area contributed by atoms with Crippen LogP contribution in [0.5, 0.6) is 0 Å². The third-order valence-corrected chi connectivity index (χ3v) is 8.36. The second-order valence-electron chi connectivity index (χ2n) is 9.82. The van der Waals surface area contributed by atoms with E-state index < -0.39 is 0 Å². The van der Waals surface area contributed by atoms with Crippen LogP contribution in [-0.2, 0) is 4.79 Å². The van der Waals surface area contributed by atoms with Crippen molar-refractivity contribution in [2.24, 2.45) is 0 Å². The molecule has 0 aliphatic carbocycles. The Morgan fingerprint density at radius 2 is 0.971 bits per heavy atom. The number of ketones is 1. The van der Waals surface area contributed by atoms with Gasteiger partial charge in [0.2, 0.25) is 0 Å². The van der Waals surface area contributed by atoms with Crippen molar-refractivity contribution < 1.29 is 4.79 Å². The van der Waals surface area contributed by atoms with Gasteiger partial charge in [-0.2, -0.15) is 0 Å². The topological polar surface area (TPSA) is 30.0 Å². The fourth-order valence-corrected chi connectivity index (χ4v) is 5.46. The van der Waals surface area contributed by atoms with Gasteiger partial charge in [-0.25, -0.2) is 0 Å². The Labute approximate surface area is 221 Å². The number of carbonyl (C=O) groups excluding carboxylic acids is 1. The number of benzene rings is 2. The van der Waals surface area contributed by atoms with Gasteiger partial charge in [-0.1, -0.05) is 56.1 Å². The molecule has 2 aromatic carbocycles. The van der Waals surface area contributed by atoms with Crippen LogP contribution in [0.25, 0.3) is 0 Å². The molecule has 0 amide bonds. The second-order valence-corrected chi connectivity index (χ2v) is 11.6. The minimum Gasteiger partial charge on any atom is -0.304 e. The number of hydrogen-bond acceptors (Lipinski definition) is 5. The molecule has 2 aliphatic heterocycles. The molecule has 2 unspecified atom stereocenters. The molecule has 7 heteroatoms. The van der Waals surface area contributed by atoms with E-state index in [1.54, 1.807) is 0 Å². The predicted molar refractivity (Wildman–Crippen MR) is 147 cm³/mol. The van der Waals surface area contributed by atoms with Crippen molar-refractivity contribution in [3.05, 3.63) is 68.6 Å². The first kappa shape index (κ1) is 26.0. The molecule has 0 spiro atoms. The second kappa shape index (κ2) is 12.2. The molecule has 0 radical (unpaired) electrons. The highest BCUT2D eigenvalue weighted by molar-refractivity contribution is 9.10. The summed E-state index contributed by atoms with van der Waals surface area (Å²) in [5.41, 5.74) is 2.24. The molecule has 2 heterocycles. The third-order valence-electron chi connectivity index (χ3n) is 7.30. The quantitative estimate of drug-likeness (QED) is 0.460. The number of Topliss-reactive ketones (excluding diaryl/α,β-unsaturated/α-hetero) is 1. The summed E-state index contributed by atoms with van der Waals surface area (Å²) < 4.78 is 2.09. The summed E-state index contributed by atoms with van der Waals surface area (Å²) in [7, 11) is 4.35. The predicted octanol–water partition coefficient (Wildman–Crippen LogP) is 4.14. The Bertz CT molecular complexity index is 845. The van der Waals surface area contributed by atoms with Crippen LogP contribution in [0, 0.1) is 0 Å². The number of likely N-dealkylation sites (N-methyl/N-ethyl adjacent to an activating group) is 2. The Morgan fingerprint density at radius 3 is 1.29 bits per heavy atom. The lowest BCUT2D eigenvalue weighted by Crippen LogP contribution is -2.48. The summed E-state index contributed by atoms with van der Waals surface area (Å²) in [4.78, 5) is 24.1. The third kappa shape index (κ3) is 6.99. The Kier molecular flexibility index (Phi) is 9.35. The molecule has 0 bridgehead atoms. The lowest BCUT2D eigenvalue weighted by molar-refractivity contribution is -0.123. The van der Waals surface area contributed by atoms with Gasteiger partial charge in [0.25, 0.3) is 0 Å². The SMILES string of the molecule is CN1CCN(CC(C(=O)C(CN2CCN(C)CC2)c2ccc(Br)cc2)c2ccc(Br)cc2)CC1. The smallest absolute Gasteiger partial charge is 0.150 e. The zero-order chi connectivity index (χ0) is 24.1. The molecule has 5 nitrogen and oxygen atoms in total. The molecule has 2 fully saturated rings. The zero-order valence-corrected chi connectivity index (χ0v) is 23.5. The van der Waals surface area contributed by atoms with Crippen LogP contribution in [0.15, 0.2) is 57.5 Å². The highest BCUT2D eigenvalue weighted by atomic mass is 79.9. The molecule has 0 N–H and O–H groups in total. The van der Waals surface area contributed by atoms with Crippen LogP contribution in [0.3, 0.4) is 0 Å². The largest absolute Gasteiger partial charge is 0.304 e. The minimum absolute atomic E-state index is 0.141. The summed E-state index contributed by atoms with van der Waals surface area (Å²) in [5, 5.41) is 0. The summed E-state index contributed by atoms with van der Waals surface area (Å²) in [5.74, 6) is 0.0535. The van der Waals surface area contributed by atoms with E-state index in [2.05, 4.69) is 114 Å². The first-order valence-electron chi connectivity index (χ1n) is 12.3. The zero-order valence-electron chi connectivity index (χ0n) is 20.3. The summed E-state index contributed by atoms with van der Waals surface area (Å²) in [6.07, 6.45) is 0. The number of rotatable bonds is 8. The van der Waals surface area contributed by atoms with Gasteiger partial charge in [-0.3, -0.25) is 14.6 Å². The van der Waals surface area contributed by atoms with Crippen molar-refractivity contribution >= 4 is 37.6 Å². The maximum absolute atomic E-state index is 14.4. The van der Waals surface area contributed by atoms with Gasteiger partial charge < -0.3 is 9.80 Å². The molecule has 34 heavy (non-hydrogen) atoms. The van der Waals surface area contributed by atoms with Crippen LogP contribution < -0.4 is 0 Å². The maximum Gasteiger partial charge on any atom is 0.150 e. The van der Waals surface area contributed by atoms with Crippen LogP contribution in [0.2, 0.25) is 0 Å².